The van der Waals surface area contributed by atoms with Crippen molar-refractivity contribution in [3.8, 4) is 5.75 Å². The zero-order valence-corrected chi connectivity index (χ0v) is 16.5. The lowest BCUT2D eigenvalue weighted by Gasteiger charge is -2.14. The normalized spacial score (nSPS) is 12.2. The second-order valence-electron chi connectivity index (χ2n) is 5.72. The Hall–Kier alpha value is -2.59. The molecule has 1 amide bonds. The summed E-state index contributed by atoms with van der Waals surface area (Å²) in [5.41, 5.74) is 0.192. The molecule has 0 aliphatic rings. The highest BCUT2D eigenvalue weighted by atomic mass is 35.5. The van der Waals surface area contributed by atoms with Crippen LogP contribution in [0.15, 0.2) is 36.4 Å². The minimum absolute atomic E-state index is 0.0926. The van der Waals surface area contributed by atoms with E-state index in [-0.39, 0.29) is 24.3 Å². The van der Waals surface area contributed by atoms with Crippen LogP contribution < -0.4 is 10.1 Å². The predicted octanol–water partition coefficient (Wildman–Crippen LogP) is 4.83. The van der Waals surface area contributed by atoms with Crippen LogP contribution in [-0.2, 0) is 14.3 Å². The fraction of sp³-hybridized carbons (Fsp3) is 0.278. The smallest absolute Gasteiger partial charge is 0.453 e. The number of halogens is 4. The first-order valence-corrected chi connectivity index (χ1v) is 9.37. The number of carbonyl (C=O) groups is 3. The molecule has 0 saturated carbocycles. The molecule has 0 bridgehead atoms. The highest BCUT2D eigenvalue weighted by molar-refractivity contribution is 7.18. The molecule has 2 rings (SSSR count). The van der Waals surface area contributed by atoms with Gasteiger partial charge in [-0.25, -0.2) is 0 Å². The molecule has 0 saturated heterocycles. The summed E-state index contributed by atoms with van der Waals surface area (Å²) in [6, 6.07) is 7.61. The van der Waals surface area contributed by atoms with Gasteiger partial charge in [0, 0.05) is 12.1 Å². The number of thiophene rings is 1. The number of ether oxygens (including phenoxy) is 2. The summed E-state index contributed by atoms with van der Waals surface area (Å²) in [4.78, 5) is 36.2. The Morgan fingerprint density at radius 1 is 1.10 bits per heavy atom. The zero-order chi connectivity index (χ0) is 21.6. The third kappa shape index (κ3) is 7.74. The van der Waals surface area contributed by atoms with Crippen LogP contribution in [0.5, 0.6) is 5.75 Å². The van der Waals surface area contributed by atoms with Gasteiger partial charge in [-0.2, -0.15) is 0 Å². The molecule has 6 nitrogen and oxygen atoms in total. The van der Waals surface area contributed by atoms with Gasteiger partial charge in [0.25, 0.3) is 5.91 Å². The van der Waals surface area contributed by atoms with Gasteiger partial charge < -0.3 is 14.8 Å². The number of alkyl halides is 3. The van der Waals surface area contributed by atoms with E-state index in [1.807, 2.05) is 0 Å². The van der Waals surface area contributed by atoms with E-state index in [0.717, 1.165) is 23.5 Å². The minimum Gasteiger partial charge on any atom is -0.453 e. The molecule has 0 aliphatic heterocycles. The van der Waals surface area contributed by atoms with Crippen molar-refractivity contribution < 1.29 is 37.0 Å². The molecular formula is C18H15ClF3NO5S. The van der Waals surface area contributed by atoms with E-state index in [1.165, 1.54) is 19.1 Å². The third-order valence-electron chi connectivity index (χ3n) is 3.44. The molecule has 29 heavy (non-hydrogen) atoms. The third-order valence-corrected chi connectivity index (χ3v) is 4.71. The number of carbonyl (C=O) groups excluding carboxylic acids is 3. The number of hydrogen-bond acceptors (Lipinski definition) is 6. The van der Waals surface area contributed by atoms with Crippen molar-refractivity contribution in [2.75, 3.05) is 5.32 Å². The van der Waals surface area contributed by atoms with E-state index in [2.05, 4.69) is 10.1 Å². The van der Waals surface area contributed by atoms with E-state index in [4.69, 9.17) is 16.3 Å². The van der Waals surface area contributed by atoms with Crippen LogP contribution in [-0.4, -0.2) is 30.1 Å². The fourth-order valence-corrected chi connectivity index (χ4v) is 3.11. The molecule has 1 unspecified atom stereocenters. The van der Waals surface area contributed by atoms with E-state index in [1.54, 1.807) is 12.1 Å². The van der Waals surface area contributed by atoms with Crippen LogP contribution in [0.25, 0.3) is 0 Å². The maximum atomic E-state index is 12.1. The Labute approximate surface area is 172 Å². The molecule has 156 valence electrons. The molecule has 1 atom stereocenters. The summed E-state index contributed by atoms with van der Waals surface area (Å²) in [6.45, 7) is 1.33. The summed E-state index contributed by atoms with van der Waals surface area (Å²) >= 11 is 6.85. The molecule has 0 radical (unpaired) electrons. The summed E-state index contributed by atoms with van der Waals surface area (Å²) < 4.78 is 45.5. The Balaban J connectivity index is 1.79. The topological polar surface area (TPSA) is 81.7 Å². The molecule has 0 spiro atoms. The summed E-state index contributed by atoms with van der Waals surface area (Å²) in [5.74, 6) is -2.12. The molecule has 1 aromatic heterocycles. The summed E-state index contributed by atoms with van der Waals surface area (Å²) in [5, 5.41) is 2.40. The molecule has 1 N–H and O–H groups in total. The van der Waals surface area contributed by atoms with Gasteiger partial charge in [0.05, 0.1) is 15.6 Å². The molecule has 0 aliphatic carbocycles. The van der Waals surface area contributed by atoms with Crippen molar-refractivity contribution in [2.24, 2.45) is 0 Å². The standard InChI is InChI=1S/C18H15ClF3NO5S/c1-10(27-16(25)9-6-13(24)14-7-8-15(19)29-14)17(26)23-11-2-4-12(5-3-11)28-18(20,21)22/h2-5,7-8,10H,6,9H2,1H3,(H,23,26). The maximum Gasteiger partial charge on any atom is 0.573 e. The highest BCUT2D eigenvalue weighted by Gasteiger charge is 2.31. The zero-order valence-electron chi connectivity index (χ0n) is 14.9. The number of rotatable bonds is 8. The van der Waals surface area contributed by atoms with Crippen molar-refractivity contribution in [2.45, 2.75) is 32.2 Å². The highest BCUT2D eigenvalue weighted by Crippen LogP contribution is 2.24. The quantitative estimate of drug-likeness (QED) is 0.461. The average molecular weight is 450 g/mol. The number of amides is 1. The van der Waals surface area contributed by atoms with Crippen molar-refractivity contribution in [1.29, 1.82) is 0 Å². The first-order chi connectivity index (χ1) is 13.5. The lowest BCUT2D eigenvalue weighted by atomic mass is 10.2. The molecule has 2 aromatic rings. The molecular weight excluding hydrogens is 435 g/mol. The van der Waals surface area contributed by atoms with Crippen LogP contribution in [0.4, 0.5) is 18.9 Å². The largest absolute Gasteiger partial charge is 0.573 e. The second-order valence-corrected chi connectivity index (χ2v) is 7.44. The van der Waals surface area contributed by atoms with Crippen molar-refractivity contribution in [3.05, 3.63) is 45.6 Å². The molecule has 11 heteroatoms. The summed E-state index contributed by atoms with van der Waals surface area (Å²) in [7, 11) is 0. The average Bonchev–Trinajstić information content (AvgIpc) is 3.06. The molecule has 0 fully saturated rings. The van der Waals surface area contributed by atoms with Crippen LogP contribution in [0, 0.1) is 0 Å². The van der Waals surface area contributed by atoms with Crippen molar-refractivity contribution in [1.82, 2.24) is 0 Å². The summed E-state index contributed by atoms with van der Waals surface area (Å²) in [6.07, 6.45) is -6.29. The van der Waals surface area contributed by atoms with Gasteiger partial charge in [0.15, 0.2) is 11.9 Å². The van der Waals surface area contributed by atoms with Gasteiger partial charge in [-0.3, -0.25) is 14.4 Å². The Bertz CT molecular complexity index is 882. The van der Waals surface area contributed by atoms with Gasteiger partial charge in [-0.05, 0) is 43.3 Å². The maximum absolute atomic E-state index is 12.1. The Morgan fingerprint density at radius 2 is 1.76 bits per heavy atom. The first kappa shape index (κ1) is 22.7. The van der Waals surface area contributed by atoms with Gasteiger partial charge in [-0.1, -0.05) is 11.6 Å². The van der Waals surface area contributed by atoms with E-state index in [9.17, 15) is 27.6 Å². The van der Waals surface area contributed by atoms with E-state index >= 15 is 0 Å². The van der Waals surface area contributed by atoms with Gasteiger partial charge in [-0.15, -0.1) is 24.5 Å². The monoisotopic (exact) mass is 449 g/mol. The van der Waals surface area contributed by atoms with Crippen molar-refractivity contribution in [3.63, 3.8) is 0 Å². The number of esters is 1. The number of Topliss-reactive ketones (excluding diaryl/α,β-unsaturated/α-hetero) is 1. The van der Waals surface area contributed by atoms with Crippen molar-refractivity contribution >= 4 is 46.3 Å². The molecule has 1 aromatic carbocycles. The Kier molecular flexibility index (Phi) is 7.63. The number of ketones is 1. The van der Waals surface area contributed by atoms with Gasteiger partial charge in [0.2, 0.25) is 0 Å². The number of benzene rings is 1. The van der Waals surface area contributed by atoms with Crippen LogP contribution in [0.2, 0.25) is 4.34 Å². The minimum atomic E-state index is -4.81. The van der Waals surface area contributed by atoms with E-state index < -0.39 is 30.1 Å². The van der Waals surface area contributed by atoms with Gasteiger partial charge in [0.1, 0.15) is 5.75 Å². The lowest BCUT2D eigenvalue weighted by molar-refractivity contribution is -0.274. The fourth-order valence-electron chi connectivity index (χ4n) is 2.10. The molecule has 1 heterocycles. The SMILES string of the molecule is CC(OC(=O)CCC(=O)c1ccc(Cl)s1)C(=O)Nc1ccc(OC(F)(F)F)cc1. The Morgan fingerprint density at radius 3 is 2.31 bits per heavy atom. The van der Waals surface area contributed by atoms with Crippen LogP contribution in [0.3, 0.4) is 0 Å². The number of hydrogen-bond donors (Lipinski definition) is 1. The second kappa shape index (κ2) is 9.75. The number of nitrogens with one attached hydrogen (secondary N) is 1. The van der Waals surface area contributed by atoms with Crippen LogP contribution in [0.1, 0.15) is 29.4 Å². The lowest BCUT2D eigenvalue weighted by Crippen LogP contribution is -2.30. The van der Waals surface area contributed by atoms with Gasteiger partial charge >= 0.3 is 12.3 Å². The first-order valence-electron chi connectivity index (χ1n) is 8.18. The van der Waals surface area contributed by atoms with Crippen LogP contribution >= 0.6 is 22.9 Å². The number of anilines is 1. The van der Waals surface area contributed by atoms with E-state index in [0.29, 0.717) is 9.21 Å². The predicted molar refractivity (Wildman–Crippen MR) is 100 cm³/mol.